The van der Waals surface area contributed by atoms with E-state index in [-0.39, 0.29) is 5.92 Å². The Balaban J connectivity index is 2.72. The van der Waals surface area contributed by atoms with Crippen molar-refractivity contribution in [2.45, 2.75) is 51.0 Å². The van der Waals surface area contributed by atoms with Crippen LogP contribution in [0, 0.1) is 0 Å². The minimum atomic E-state index is 0.289. The normalized spacial score (nSPS) is 13.1. The molecule has 0 bridgehead atoms. The van der Waals surface area contributed by atoms with Gasteiger partial charge in [-0.05, 0) is 6.42 Å². The van der Waals surface area contributed by atoms with Crippen LogP contribution in [0.5, 0.6) is 0 Å². The van der Waals surface area contributed by atoms with Crippen LogP contribution in [0.15, 0.2) is 0 Å². The highest BCUT2D eigenvalue weighted by Gasteiger charge is 2.09. The van der Waals surface area contributed by atoms with Crippen LogP contribution in [0.25, 0.3) is 0 Å². The first-order chi connectivity index (χ1) is 7.52. The van der Waals surface area contributed by atoms with Crippen molar-refractivity contribution in [1.82, 2.24) is 15.0 Å². The molecule has 1 atom stereocenters. The van der Waals surface area contributed by atoms with Crippen molar-refractivity contribution < 1.29 is 0 Å². The fourth-order valence-corrected chi connectivity index (χ4v) is 1.91. The molecule has 1 rings (SSSR count). The Labute approximate surface area is 101 Å². The summed E-state index contributed by atoms with van der Waals surface area (Å²) >= 11 is 1.85. The summed E-state index contributed by atoms with van der Waals surface area (Å²) in [6.07, 6.45) is 1.16. The molecule has 0 amide bonds. The maximum Gasteiger partial charge on any atom is 0.223 e. The van der Waals surface area contributed by atoms with E-state index >= 15 is 0 Å². The van der Waals surface area contributed by atoms with Gasteiger partial charge in [0, 0.05) is 11.2 Å². The molecule has 0 aliphatic heterocycles. The van der Waals surface area contributed by atoms with E-state index in [1.165, 1.54) is 0 Å². The van der Waals surface area contributed by atoms with Crippen LogP contribution in [0.3, 0.4) is 0 Å². The summed E-state index contributed by atoms with van der Waals surface area (Å²) in [4.78, 5) is 12.7. The predicted molar refractivity (Wildman–Crippen MR) is 69.4 cm³/mol. The summed E-state index contributed by atoms with van der Waals surface area (Å²) in [5.74, 6) is 3.01. The first kappa shape index (κ1) is 13.2. The third-order valence-electron chi connectivity index (χ3n) is 2.30. The Morgan fingerprint density at radius 2 is 1.88 bits per heavy atom. The van der Waals surface area contributed by atoms with Crippen molar-refractivity contribution in [3.8, 4) is 0 Å². The van der Waals surface area contributed by atoms with Crippen LogP contribution < -0.4 is 5.73 Å². The lowest BCUT2D eigenvalue weighted by Gasteiger charge is -2.09. The van der Waals surface area contributed by atoms with Gasteiger partial charge in [-0.1, -0.05) is 27.7 Å². The molecule has 0 saturated carbocycles. The van der Waals surface area contributed by atoms with Crippen LogP contribution in [0.1, 0.15) is 51.7 Å². The highest BCUT2D eigenvalue weighted by molar-refractivity contribution is 7.99. The van der Waals surface area contributed by atoms with E-state index in [4.69, 9.17) is 5.73 Å². The van der Waals surface area contributed by atoms with Crippen molar-refractivity contribution >= 4 is 17.7 Å². The Morgan fingerprint density at radius 3 is 2.44 bits per heavy atom. The lowest BCUT2D eigenvalue weighted by Crippen LogP contribution is -2.08. The summed E-state index contributed by atoms with van der Waals surface area (Å²) in [5.41, 5.74) is 5.66. The molecule has 0 radical (unpaired) electrons. The lowest BCUT2D eigenvalue weighted by molar-refractivity contribution is 0.749. The summed E-state index contributed by atoms with van der Waals surface area (Å²) in [5, 5.41) is 0.625. The van der Waals surface area contributed by atoms with Gasteiger partial charge in [-0.2, -0.15) is 21.7 Å². The number of nitrogen functional groups attached to an aromatic ring is 1. The fourth-order valence-electron chi connectivity index (χ4n) is 1.11. The summed E-state index contributed by atoms with van der Waals surface area (Å²) in [7, 11) is 0. The largest absolute Gasteiger partial charge is 0.368 e. The van der Waals surface area contributed by atoms with Gasteiger partial charge in [0.05, 0.1) is 5.75 Å². The van der Waals surface area contributed by atoms with Gasteiger partial charge in [0.15, 0.2) is 0 Å². The highest BCUT2D eigenvalue weighted by Crippen LogP contribution is 2.19. The quantitative estimate of drug-likeness (QED) is 0.857. The fraction of sp³-hybridized carbons (Fsp3) is 0.727. The minimum absolute atomic E-state index is 0.289. The molecule has 1 aromatic heterocycles. The molecule has 0 spiro atoms. The first-order valence-corrected chi connectivity index (χ1v) is 6.69. The molecule has 0 fully saturated rings. The molecular formula is C11H20N4S. The lowest BCUT2D eigenvalue weighted by atomic mass is 10.2. The minimum Gasteiger partial charge on any atom is -0.368 e. The van der Waals surface area contributed by atoms with Gasteiger partial charge in [0.1, 0.15) is 11.6 Å². The number of hydrogen-bond donors (Lipinski definition) is 1. The molecule has 0 aliphatic rings. The molecule has 0 aromatic carbocycles. The van der Waals surface area contributed by atoms with Crippen LogP contribution in [-0.2, 0) is 5.75 Å². The van der Waals surface area contributed by atoms with Gasteiger partial charge in [-0.3, -0.25) is 0 Å². The summed E-state index contributed by atoms with van der Waals surface area (Å²) in [6.45, 7) is 8.50. The van der Waals surface area contributed by atoms with Crippen LogP contribution >= 0.6 is 11.8 Å². The number of nitrogens with two attached hydrogens (primary N) is 1. The molecule has 5 heteroatoms. The predicted octanol–water partition coefficient (Wildman–Crippen LogP) is 2.61. The topological polar surface area (TPSA) is 64.7 Å². The van der Waals surface area contributed by atoms with Gasteiger partial charge in [0.25, 0.3) is 0 Å². The van der Waals surface area contributed by atoms with E-state index in [1.807, 2.05) is 11.8 Å². The van der Waals surface area contributed by atoms with Crippen LogP contribution in [0.4, 0.5) is 5.95 Å². The Morgan fingerprint density at radius 1 is 1.19 bits per heavy atom. The Kier molecular flexibility index (Phi) is 4.99. The van der Waals surface area contributed by atoms with Gasteiger partial charge in [0.2, 0.25) is 5.95 Å². The molecule has 1 unspecified atom stereocenters. The summed E-state index contributed by atoms with van der Waals surface area (Å²) < 4.78 is 0. The number of aromatic nitrogens is 3. The van der Waals surface area contributed by atoms with E-state index in [1.54, 1.807) is 0 Å². The molecule has 90 valence electrons. The van der Waals surface area contributed by atoms with Gasteiger partial charge in [-0.25, -0.2) is 4.98 Å². The number of thioether (sulfide) groups is 1. The standard InChI is InChI=1S/C11H20N4S/c1-5-8(4)16-6-9-13-10(7(2)3)15-11(12)14-9/h7-8H,5-6H2,1-4H3,(H2,12,13,14,15). The average molecular weight is 240 g/mol. The maximum atomic E-state index is 5.66. The van der Waals surface area contributed by atoms with E-state index in [0.717, 1.165) is 23.8 Å². The summed E-state index contributed by atoms with van der Waals surface area (Å²) in [6, 6.07) is 0. The zero-order valence-corrected chi connectivity index (χ0v) is 11.2. The molecule has 0 saturated heterocycles. The van der Waals surface area contributed by atoms with Crippen molar-refractivity contribution in [1.29, 1.82) is 0 Å². The van der Waals surface area contributed by atoms with Gasteiger partial charge in [-0.15, -0.1) is 0 Å². The van der Waals surface area contributed by atoms with E-state index in [9.17, 15) is 0 Å². The van der Waals surface area contributed by atoms with E-state index in [2.05, 4.69) is 42.6 Å². The highest BCUT2D eigenvalue weighted by atomic mass is 32.2. The zero-order chi connectivity index (χ0) is 12.1. The second-order valence-electron chi connectivity index (χ2n) is 4.15. The number of anilines is 1. The monoisotopic (exact) mass is 240 g/mol. The number of rotatable bonds is 5. The van der Waals surface area contributed by atoms with Crippen molar-refractivity contribution in [3.63, 3.8) is 0 Å². The van der Waals surface area contributed by atoms with Gasteiger partial charge >= 0.3 is 0 Å². The average Bonchev–Trinajstić information content (AvgIpc) is 2.25. The maximum absolute atomic E-state index is 5.66. The van der Waals surface area contributed by atoms with Crippen molar-refractivity contribution in [2.75, 3.05) is 5.73 Å². The van der Waals surface area contributed by atoms with Crippen LogP contribution in [-0.4, -0.2) is 20.2 Å². The second kappa shape index (κ2) is 6.03. The first-order valence-electron chi connectivity index (χ1n) is 5.64. The van der Waals surface area contributed by atoms with Crippen LogP contribution in [0.2, 0.25) is 0 Å². The molecular weight excluding hydrogens is 220 g/mol. The Bertz CT molecular complexity index is 341. The van der Waals surface area contributed by atoms with Crippen molar-refractivity contribution in [2.24, 2.45) is 0 Å². The molecule has 2 N–H and O–H groups in total. The Hall–Kier alpha value is -0.840. The molecule has 16 heavy (non-hydrogen) atoms. The van der Waals surface area contributed by atoms with E-state index < -0.39 is 0 Å². The third kappa shape index (κ3) is 3.96. The SMILES string of the molecule is CCC(C)SCc1nc(N)nc(C(C)C)n1. The molecule has 0 aliphatic carbocycles. The smallest absolute Gasteiger partial charge is 0.223 e. The number of hydrogen-bond acceptors (Lipinski definition) is 5. The molecule has 1 aromatic rings. The second-order valence-corrected chi connectivity index (χ2v) is 5.58. The zero-order valence-electron chi connectivity index (χ0n) is 10.4. The number of nitrogens with zero attached hydrogens (tertiary/aromatic N) is 3. The molecule has 4 nitrogen and oxygen atoms in total. The van der Waals surface area contributed by atoms with Gasteiger partial charge < -0.3 is 5.73 Å². The van der Waals surface area contributed by atoms with Crippen molar-refractivity contribution in [3.05, 3.63) is 11.6 Å². The third-order valence-corrected chi connectivity index (χ3v) is 3.63. The molecule has 1 heterocycles. The van der Waals surface area contributed by atoms with E-state index in [0.29, 0.717) is 11.2 Å².